The molecule has 2 N–H and O–H groups in total. The number of aromatic nitrogens is 2. The van der Waals surface area contributed by atoms with Crippen LogP contribution in [0.3, 0.4) is 0 Å². The number of rotatable bonds is 3. The van der Waals surface area contributed by atoms with Gasteiger partial charge in [-0.15, -0.1) is 10.2 Å². The van der Waals surface area contributed by atoms with Crippen LogP contribution in [0.15, 0.2) is 0 Å². The van der Waals surface area contributed by atoms with Gasteiger partial charge in [0.15, 0.2) is 0 Å². The van der Waals surface area contributed by atoms with Gasteiger partial charge in [0.25, 0.3) is 0 Å². The third-order valence-corrected chi connectivity index (χ3v) is 2.39. The van der Waals surface area contributed by atoms with Gasteiger partial charge in [-0.3, -0.25) is 5.32 Å². The van der Waals surface area contributed by atoms with Crippen LogP contribution >= 0.6 is 11.3 Å². The maximum absolute atomic E-state index is 11.2. The molecule has 1 heterocycles. The Morgan fingerprint density at radius 2 is 2.21 bits per heavy atom. The lowest BCUT2D eigenvalue weighted by Gasteiger charge is -2.06. The summed E-state index contributed by atoms with van der Waals surface area (Å²) in [5, 5.41) is 14.5. The van der Waals surface area contributed by atoms with Gasteiger partial charge in [0, 0.05) is 6.04 Å². The number of nitrogens with one attached hydrogen (secondary N) is 2. The summed E-state index contributed by atoms with van der Waals surface area (Å²) in [5.41, 5.74) is 0. The summed E-state index contributed by atoms with van der Waals surface area (Å²) in [6.45, 7) is 5.80. The molecule has 1 aromatic heterocycles. The van der Waals surface area contributed by atoms with Crippen molar-refractivity contribution in [3.05, 3.63) is 5.01 Å². The SMILES string of the molecule is CCc1nnc(NC(=O)NC(C)C)s1. The van der Waals surface area contributed by atoms with Crippen molar-refractivity contribution >= 4 is 22.5 Å². The summed E-state index contributed by atoms with van der Waals surface area (Å²) in [6, 6.07) is -0.118. The lowest BCUT2D eigenvalue weighted by atomic mass is 10.4. The Morgan fingerprint density at radius 1 is 1.50 bits per heavy atom. The number of carbonyl (C=O) groups is 1. The second-order valence-corrected chi connectivity index (χ2v) is 4.17. The molecule has 78 valence electrons. The number of anilines is 1. The van der Waals surface area contributed by atoms with Gasteiger partial charge in [0.05, 0.1) is 0 Å². The number of hydrogen-bond donors (Lipinski definition) is 2. The Morgan fingerprint density at radius 3 is 2.71 bits per heavy atom. The predicted molar refractivity (Wildman–Crippen MR) is 56.6 cm³/mol. The highest BCUT2D eigenvalue weighted by atomic mass is 32.1. The van der Waals surface area contributed by atoms with Gasteiger partial charge >= 0.3 is 6.03 Å². The number of hydrogen-bond acceptors (Lipinski definition) is 4. The second kappa shape index (κ2) is 4.90. The molecule has 14 heavy (non-hydrogen) atoms. The second-order valence-electron chi connectivity index (χ2n) is 3.11. The molecule has 0 aliphatic rings. The first kappa shape index (κ1) is 10.9. The quantitative estimate of drug-likeness (QED) is 0.803. The minimum absolute atomic E-state index is 0.119. The first-order chi connectivity index (χ1) is 6.61. The van der Waals surface area contributed by atoms with E-state index in [9.17, 15) is 4.79 Å². The first-order valence-corrected chi connectivity index (χ1v) is 5.33. The Hall–Kier alpha value is -1.17. The smallest absolute Gasteiger partial charge is 0.321 e. The number of carbonyl (C=O) groups excluding carboxylic acids is 1. The molecule has 1 rings (SSSR count). The molecule has 0 bridgehead atoms. The van der Waals surface area contributed by atoms with E-state index in [-0.39, 0.29) is 12.1 Å². The molecule has 0 aromatic carbocycles. The lowest BCUT2D eigenvalue weighted by Crippen LogP contribution is -2.34. The molecule has 0 atom stereocenters. The van der Waals surface area contributed by atoms with E-state index in [1.54, 1.807) is 0 Å². The predicted octanol–water partition coefficient (Wildman–Crippen LogP) is 1.63. The molecule has 1 aromatic rings. The zero-order valence-electron chi connectivity index (χ0n) is 8.50. The normalized spacial score (nSPS) is 10.3. The summed E-state index contributed by atoms with van der Waals surface area (Å²) in [7, 11) is 0. The molecule has 2 amide bonds. The van der Waals surface area contributed by atoms with Crippen molar-refractivity contribution < 1.29 is 4.79 Å². The van der Waals surface area contributed by atoms with Gasteiger partial charge in [-0.1, -0.05) is 18.3 Å². The minimum atomic E-state index is -0.237. The Bertz CT molecular complexity index is 310. The van der Waals surface area contributed by atoms with Crippen LogP contribution in [0.2, 0.25) is 0 Å². The largest absolute Gasteiger partial charge is 0.336 e. The summed E-state index contributed by atoms with van der Waals surface area (Å²) in [6.07, 6.45) is 0.838. The molecule has 0 aliphatic heterocycles. The van der Waals surface area contributed by atoms with E-state index in [0.717, 1.165) is 11.4 Å². The molecule has 0 unspecified atom stereocenters. The number of nitrogens with zero attached hydrogens (tertiary/aromatic N) is 2. The van der Waals surface area contributed by atoms with Gasteiger partial charge in [0.2, 0.25) is 5.13 Å². The van der Waals surface area contributed by atoms with Crippen molar-refractivity contribution in [2.45, 2.75) is 33.2 Å². The summed E-state index contributed by atoms with van der Waals surface area (Å²) < 4.78 is 0. The summed E-state index contributed by atoms with van der Waals surface area (Å²) >= 11 is 1.39. The summed E-state index contributed by atoms with van der Waals surface area (Å²) in [4.78, 5) is 11.2. The topological polar surface area (TPSA) is 66.9 Å². The van der Waals surface area contributed by atoms with Gasteiger partial charge < -0.3 is 5.32 Å². The molecule has 0 spiro atoms. The van der Waals surface area contributed by atoms with Crippen LogP contribution in [-0.4, -0.2) is 22.3 Å². The Labute approximate surface area is 86.9 Å². The van der Waals surface area contributed by atoms with Crippen molar-refractivity contribution in [2.24, 2.45) is 0 Å². The van der Waals surface area contributed by atoms with Gasteiger partial charge in [-0.2, -0.15) is 0 Å². The van der Waals surface area contributed by atoms with E-state index in [4.69, 9.17) is 0 Å². The van der Waals surface area contributed by atoms with E-state index in [2.05, 4.69) is 20.8 Å². The number of urea groups is 1. The van der Waals surface area contributed by atoms with Crippen LogP contribution in [0.25, 0.3) is 0 Å². The van der Waals surface area contributed by atoms with Gasteiger partial charge in [0.1, 0.15) is 5.01 Å². The molecule has 0 saturated heterocycles. The lowest BCUT2D eigenvalue weighted by molar-refractivity contribution is 0.250. The maximum Gasteiger partial charge on any atom is 0.321 e. The highest BCUT2D eigenvalue weighted by Crippen LogP contribution is 2.14. The van der Waals surface area contributed by atoms with Gasteiger partial charge in [-0.25, -0.2) is 4.79 Å². The van der Waals surface area contributed by atoms with Crippen molar-refractivity contribution in [2.75, 3.05) is 5.32 Å². The highest BCUT2D eigenvalue weighted by molar-refractivity contribution is 7.15. The first-order valence-electron chi connectivity index (χ1n) is 4.51. The molecular formula is C8H14N4OS. The third-order valence-electron chi connectivity index (χ3n) is 1.41. The monoisotopic (exact) mass is 214 g/mol. The molecule has 5 nitrogen and oxygen atoms in total. The zero-order chi connectivity index (χ0) is 10.6. The Kier molecular flexibility index (Phi) is 3.82. The fraction of sp³-hybridized carbons (Fsp3) is 0.625. The standard InChI is InChI=1S/C8H14N4OS/c1-4-6-11-12-8(14-6)10-7(13)9-5(2)3/h5H,4H2,1-3H3,(H2,9,10,12,13). The van der Waals surface area contributed by atoms with Gasteiger partial charge in [-0.05, 0) is 20.3 Å². The van der Waals surface area contributed by atoms with E-state index in [1.807, 2.05) is 20.8 Å². The molecule has 0 saturated carbocycles. The molecule has 6 heteroatoms. The van der Waals surface area contributed by atoms with Crippen molar-refractivity contribution in [1.29, 1.82) is 0 Å². The summed E-state index contributed by atoms with van der Waals surface area (Å²) in [5.74, 6) is 0. The fourth-order valence-electron chi connectivity index (χ4n) is 0.842. The van der Waals surface area contributed by atoms with Crippen LogP contribution in [-0.2, 0) is 6.42 Å². The third kappa shape index (κ3) is 3.29. The maximum atomic E-state index is 11.2. The molecule has 0 radical (unpaired) electrons. The van der Waals surface area contributed by atoms with Crippen LogP contribution in [0.4, 0.5) is 9.93 Å². The average Bonchev–Trinajstić information content (AvgIpc) is 2.50. The number of aryl methyl sites for hydroxylation is 1. The van der Waals surface area contributed by atoms with Crippen LogP contribution in [0.5, 0.6) is 0 Å². The van der Waals surface area contributed by atoms with Crippen molar-refractivity contribution in [3.8, 4) is 0 Å². The molecule has 0 aliphatic carbocycles. The van der Waals surface area contributed by atoms with E-state index < -0.39 is 0 Å². The van der Waals surface area contributed by atoms with Crippen molar-refractivity contribution in [3.63, 3.8) is 0 Å². The van der Waals surface area contributed by atoms with E-state index >= 15 is 0 Å². The van der Waals surface area contributed by atoms with E-state index in [0.29, 0.717) is 5.13 Å². The number of amides is 2. The highest BCUT2D eigenvalue weighted by Gasteiger charge is 2.07. The average molecular weight is 214 g/mol. The Balaban J connectivity index is 2.47. The van der Waals surface area contributed by atoms with Crippen LogP contribution in [0, 0.1) is 0 Å². The van der Waals surface area contributed by atoms with E-state index in [1.165, 1.54) is 11.3 Å². The molecule has 0 fully saturated rings. The minimum Gasteiger partial charge on any atom is -0.336 e. The fourth-order valence-corrected chi connectivity index (χ4v) is 1.52. The van der Waals surface area contributed by atoms with Crippen molar-refractivity contribution in [1.82, 2.24) is 15.5 Å². The molecular weight excluding hydrogens is 200 g/mol. The zero-order valence-corrected chi connectivity index (χ0v) is 9.31. The van der Waals surface area contributed by atoms with Crippen LogP contribution in [0.1, 0.15) is 25.8 Å². The van der Waals surface area contributed by atoms with Crippen LogP contribution < -0.4 is 10.6 Å².